The second-order valence-electron chi connectivity index (χ2n) is 11.2. The molecule has 0 aromatic heterocycles. The van der Waals surface area contributed by atoms with E-state index in [4.69, 9.17) is 9.31 Å². The fourth-order valence-electron chi connectivity index (χ4n) is 4.75. The van der Waals surface area contributed by atoms with Crippen molar-refractivity contribution in [2.75, 3.05) is 26.7 Å². The summed E-state index contributed by atoms with van der Waals surface area (Å²) >= 11 is 0. The van der Waals surface area contributed by atoms with Gasteiger partial charge in [0.25, 0.3) is 0 Å². The number of halogens is 1. The summed E-state index contributed by atoms with van der Waals surface area (Å²) in [6, 6.07) is 3.71. The third kappa shape index (κ3) is 8.07. The number of carboxylic acids is 1. The van der Waals surface area contributed by atoms with Gasteiger partial charge in [-0.3, -0.25) is 14.5 Å². The maximum Gasteiger partial charge on any atom is 0.549 e. The van der Waals surface area contributed by atoms with Gasteiger partial charge in [0.1, 0.15) is 11.6 Å². The number of imide groups is 1. The van der Waals surface area contributed by atoms with Crippen LogP contribution in [0.2, 0.25) is 0 Å². The van der Waals surface area contributed by atoms with Gasteiger partial charge in [-0.05, 0) is 37.0 Å². The van der Waals surface area contributed by atoms with Gasteiger partial charge >= 0.3 is 30.9 Å². The number of fused-ring (bicyclic) bond motifs is 1. The molecule has 13 nitrogen and oxygen atoms in total. The number of aromatic carboxylic acids is 1. The number of nitrogens with zero attached hydrogens (tertiary/aromatic N) is 2. The fraction of sp³-hybridized carbons (Fsp3) is 0.419. The molecule has 0 aliphatic carbocycles. The van der Waals surface area contributed by atoms with Crippen molar-refractivity contribution in [1.29, 1.82) is 0 Å². The predicted octanol–water partition coefficient (Wildman–Crippen LogP) is 3.21. The van der Waals surface area contributed by atoms with E-state index in [0.717, 1.165) is 12.0 Å². The standard InChI is InChI=1S/C26H28BFN4O9.C5H12/c1-4-31-8-9-32(24(36)23(31)35)26(39)30-21(16-11-18(33)19(34)12-17(16)28)13(2)29-20-10-14-6-5-7-15(25(37)38)22(14)41-27(20)40-3;1-4-5(2)3/h5-7,11-12,20-21,29,33-34H,2,4,8-10H2,1,3H3,(H,30,39)(H,37,38);5H,4H2,1-3H3. The van der Waals surface area contributed by atoms with Gasteiger partial charge in [0.15, 0.2) is 11.5 Å². The number of nitrogens with one attached hydrogen (secondary N) is 2. The molecule has 2 aliphatic rings. The Balaban J connectivity index is 0.00000107. The first kappa shape index (κ1) is 35.7. The molecule has 2 unspecified atom stereocenters. The van der Waals surface area contributed by atoms with Gasteiger partial charge in [-0.15, -0.1) is 0 Å². The molecule has 0 saturated carbocycles. The van der Waals surface area contributed by atoms with Crippen molar-refractivity contribution < 1.29 is 48.2 Å². The van der Waals surface area contributed by atoms with Gasteiger partial charge in [-0.1, -0.05) is 45.9 Å². The Kier molecular flexibility index (Phi) is 12.0. The van der Waals surface area contributed by atoms with Crippen LogP contribution in [-0.4, -0.2) is 88.7 Å². The number of likely N-dealkylation sites (N-methyl/N-ethyl adjacent to an activating group) is 1. The Bertz CT molecular complexity index is 1490. The number of phenols is 2. The average Bonchev–Trinajstić information content (AvgIpc) is 3.02. The molecule has 0 bridgehead atoms. The number of urea groups is 1. The monoisotopic (exact) mass is 642 g/mol. The lowest BCUT2D eigenvalue weighted by Gasteiger charge is -2.35. The third-order valence-electron chi connectivity index (χ3n) is 7.71. The Morgan fingerprint density at radius 3 is 2.39 bits per heavy atom. The number of hydrogen-bond donors (Lipinski definition) is 5. The van der Waals surface area contributed by atoms with Crippen molar-refractivity contribution in [2.24, 2.45) is 5.92 Å². The number of para-hydroxylation sites is 1. The first-order valence-corrected chi connectivity index (χ1v) is 14.9. The maximum absolute atomic E-state index is 15.1. The van der Waals surface area contributed by atoms with Gasteiger partial charge in [-0.25, -0.2) is 14.0 Å². The Hall–Kier alpha value is -4.79. The zero-order chi connectivity index (χ0) is 34.3. The van der Waals surface area contributed by atoms with Crippen molar-refractivity contribution in [3.8, 4) is 17.2 Å². The first-order chi connectivity index (χ1) is 21.7. The lowest BCUT2D eigenvalue weighted by atomic mass is 9.71. The number of phenolic OH excluding ortho intramolecular Hbond substituents is 2. The van der Waals surface area contributed by atoms with Crippen LogP contribution in [0.1, 0.15) is 61.6 Å². The zero-order valence-corrected chi connectivity index (χ0v) is 26.5. The number of piperazine rings is 1. The first-order valence-electron chi connectivity index (χ1n) is 14.9. The van der Waals surface area contributed by atoms with E-state index in [0.29, 0.717) is 16.5 Å². The normalized spacial score (nSPS) is 16.6. The number of carbonyl (C=O) groups excluding carboxylic acids is 3. The van der Waals surface area contributed by atoms with Crippen LogP contribution in [0.3, 0.4) is 0 Å². The van der Waals surface area contributed by atoms with Crippen LogP contribution in [0, 0.1) is 11.7 Å². The van der Waals surface area contributed by atoms with Crippen LogP contribution in [0.15, 0.2) is 42.6 Å². The van der Waals surface area contributed by atoms with E-state index >= 15 is 4.39 Å². The number of amides is 4. The topological polar surface area (TPSA) is 178 Å². The van der Waals surface area contributed by atoms with Crippen LogP contribution in [0.5, 0.6) is 17.2 Å². The van der Waals surface area contributed by atoms with Crippen molar-refractivity contribution in [3.05, 3.63) is 65.1 Å². The van der Waals surface area contributed by atoms with Crippen LogP contribution in [0.4, 0.5) is 9.18 Å². The molecule has 4 amide bonds. The summed E-state index contributed by atoms with van der Waals surface area (Å²) in [7, 11) is 0.307. The van der Waals surface area contributed by atoms with E-state index in [9.17, 15) is 34.5 Å². The molecule has 2 atom stereocenters. The molecule has 2 aromatic carbocycles. The predicted molar refractivity (Wildman–Crippen MR) is 167 cm³/mol. The molecule has 248 valence electrons. The van der Waals surface area contributed by atoms with Crippen molar-refractivity contribution in [3.63, 3.8) is 0 Å². The second kappa shape index (κ2) is 15.5. The Morgan fingerprint density at radius 1 is 1.15 bits per heavy atom. The van der Waals surface area contributed by atoms with Crippen LogP contribution >= 0.6 is 0 Å². The smallest absolute Gasteiger partial charge is 0.534 e. The molecule has 15 heteroatoms. The summed E-state index contributed by atoms with van der Waals surface area (Å²) in [5.41, 5.74) is 0.143. The molecular weight excluding hydrogens is 602 g/mol. The van der Waals surface area contributed by atoms with E-state index in [1.807, 2.05) is 0 Å². The van der Waals surface area contributed by atoms with Gasteiger partial charge in [0.2, 0.25) is 0 Å². The van der Waals surface area contributed by atoms with Crippen molar-refractivity contribution in [2.45, 2.75) is 52.5 Å². The van der Waals surface area contributed by atoms with Crippen LogP contribution in [-0.2, 0) is 20.7 Å². The number of hydrogen-bond acceptors (Lipinski definition) is 9. The highest BCUT2D eigenvalue weighted by molar-refractivity contribution is 6.48. The number of benzene rings is 2. The SMILES string of the molecule is C=C(NC1Cc2cccc(C(=O)O)c2OB1OC)C(NC(=O)N1CCN(CC)C(=O)C1=O)c1cc(O)c(O)cc1F.CCC(C)C. The highest BCUT2D eigenvalue weighted by Gasteiger charge is 2.41. The van der Waals surface area contributed by atoms with E-state index in [-0.39, 0.29) is 48.6 Å². The number of carbonyl (C=O) groups is 4. The van der Waals surface area contributed by atoms with E-state index in [1.165, 1.54) is 24.5 Å². The molecule has 0 radical (unpaired) electrons. The minimum Gasteiger partial charge on any atom is -0.534 e. The van der Waals surface area contributed by atoms with E-state index in [1.54, 1.807) is 19.1 Å². The van der Waals surface area contributed by atoms with Gasteiger partial charge in [-0.2, -0.15) is 0 Å². The average molecular weight is 642 g/mol. The summed E-state index contributed by atoms with van der Waals surface area (Å²) in [5.74, 6) is -5.24. The zero-order valence-electron chi connectivity index (χ0n) is 26.5. The van der Waals surface area contributed by atoms with E-state index < -0.39 is 60.2 Å². The molecule has 2 aromatic rings. The minimum atomic E-state index is -1.43. The van der Waals surface area contributed by atoms with Crippen molar-refractivity contribution >= 4 is 30.9 Å². The Morgan fingerprint density at radius 2 is 1.80 bits per heavy atom. The highest BCUT2D eigenvalue weighted by Crippen LogP contribution is 2.34. The third-order valence-corrected chi connectivity index (χ3v) is 7.71. The Labute approximate surface area is 267 Å². The lowest BCUT2D eigenvalue weighted by Crippen LogP contribution is -2.59. The maximum atomic E-state index is 15.1. The molecule has 46 heavy (non-hydrogen) atoms. The molecule has 5 N–H and O–H groups in total. The summed E-state index contributed by atoms with van der Waals surface area (Å²) < 4.78 is 26.3. The summed E-state index contributed by atoms with van der Waals surface area (Å²) in [4.78, 5) is 51.7. The van der Waals surface area contributed by atoms with Gasteiger partial charge < -0.3 is 40.2 Å². The fourth-order valence-corrected chi connectivity index (χ4v) is 4.75. The molecule has 2 aliphatic heterocycles. The summed E-state index contributed by atoms with van der Waals surface area (Å²) in [6.07, 6.45) is 1.49. The summed E-state index contributed by atoms with van der Waals surface area (Å²) in [6.45, 7) is 12.5. The number of rotatable bonds is 9. The molecule has 1 fully saturated rings. The van der Waals surface area contributed by atoms with Gasteiger partial charge in [0, 0.05) is 44.1 Å². The largest absolute Gasteiger partial charge is 0.549 e. The van der Waals surface area contributed by atoms with Crippen LogP contribution < -0.4 is 15.3 Å². The molecule has 0 spiro atoms. The number of aromatic hydroxyl groups is 2. The van der Waals surface area contributed by atoms with E-state index in [2.05, 4.69) is 38.0 Å². The van der Waals surface area contributed by atoms with Crippen molar-refractivity contribution in [1.82, 2.24) is 20.4 Å². The van der Waals surface area contributed by atoms with Gasteiger partial charge in [0.05, 0.1) is 17.5 Å². The highest BCUT2D eigenvalue weighted by atomic mass is 19.1. The molecule has 1 saturated heterocycles. The lowest BCUT2D eigenvalue weighted by molar-refractivity contribution is -0.153. The molecule has 4 rings (SSSR count). The second-order valence-corrected chi connectivity index (χ2v) is 11.2. The quantitative estimate of drug-likeness (QED) is 0.155. The molecule has 2 heterocycles. The minimum absolute atomic E-state index is 0.0261. The summed E-state index contributed by atoms with van der Waals surface area (Å²) in [5, 5.41) is 34.8. The number of carboxylic acid groups (broad SMARTS) is 1. The molecular formula is C31H40BFN4O9. The van der Waals surface area contributed by atoms with Crippen LogP contribution in [0.25, 0.3) is 0 Å².